The van der Waals surface area contributed by atoms with Crippen molar-refractivity contribution < 1.29 is 9.90 Å². The van der Waals surface area contributed by atoms with Gasteiger partial charge in [-0.1, -0.05) is 0 Å². The average Bonchev–Trinajstić information content (AvgIpc) is 2.77. The number of hydrogen-bond acceptors (Lipinski definition) is 5. The first-order valence-corrected chi connectivity index (χ1v) is 4.79. The van der Waals surface area contributed by atoms with E-state index in [9.17, 15) is 9.59 Å². The maximum atomic E-state index is 10.9. The zero-order valence-electron chi connectivity index (χ0n) is 8.86. The van der Waals surface area contributed by atoms with Crippen LogP contribution in [-0.4, -0.2) is 36.3 Å². The first-order valence-electron chi connectivity index (χ1n) is 4.79. The Bertz CT molecular complexity index is 582. The lowest BCUT2D eigenvalue weighted by Gasteiger charge is -2.07. The van der Waals surface area contributed by atoms with E-state index in [1.54, 1.807) is 0 Å². The molecule has 1 atom stereocenters. The van der Waals surface area contributed by atoms with Gasteiger partial charge in [-0.25, -0.2) is 9.48 Å². The van der Waals surface area contributed by atoms with Gasteiger partial charge in [0.1, 0.15) is 0 Å². The van der Waals surface area contributed by atoms with Crippen LogP contribution in [0.2, 0.25) is 0 Å². The number of nitrogens with zero attached hydrogens (tertiary/aromatic N) is 4. The molecule has 0 fully saturated rings. The fourth-order valence-corrected chi connectivity index (χ4v) is 1.30. The molecule has 0 radical (unpaired) electrons. The Hall–Kier alpha value is -2.51. The lowest BCUT2D eigenvalue weighted by molar-refractivity contribution is -0.140. The highest BCUT2D eigenvalue weighted by Gasteiger charge is 2.20. The minimum Gasteiger partial charge on any atom is -0.480 e. The van der Waals surface area contributed by atoms with E-state index in [0.717, 1.165) is 0 Å². The first kappa shape index (κ1) is 11.0. The van der Waals surface area contributed by atoms with Gasteiger partial charge in [0.25, 0.3) is 0 Å². The second-order valence-corrected chi connectivity index (χ2v) is 3.40. The number of carboxylic acids is 1. The van der Waals surface area contributed by atoms with Crippen molar-refractivity contribution in [2.24, 2.45) is 0 Å². The van der Waals surface area contributed by atoms with E-state index in [1.807, 2.05) is 0 Å². The smallest absolute Gasteiger partial charge is 0.328 e. The van der Waals surface area contributed by atoms with Crippen LogP contribution in [0.15, 0.2) is 23.1 Å². The second-order valence-electron chi connectivity index (χ2n) is 3.40. The molecule has 88 valence electrons. The molecule has 2 aromatic heterocycles. The van der Waals surface area contributed by atoms with Gasteiger partial charge in [0.2, 0.25) is 5.56 Å². The highest BCUT2D eigenvalue weighted by Crippen LogP contribution is 2.16. The summed E-state index contributed by atoms with van der Waals surface area (Å²) < 4.78 is 1.18. The SMILES string of the molecule is CC(C(=O)O)n1nnnc1-c1ccc(=O)[nH]c1. The second kappa shape index (κ2) is 4.16. The third-order valence-corrected chi connectivity index (χ3v) is 2.26. The van der Waals surface area contributed by atoms with Crippen molar-refractivity contribution in [2.45, 2.75) is 13.0 Å². The van der Waals surface area contributed by atoms with E-state index in [4.69, 9.17) is 5.11 Å². The van der Waals surface area contributed by atoms with Crippen LogP contribution in [0.25, 0.3) is 11.4 Å². The van der Waals surface area contributed by atoms with Crippen molar-refractivity contribution in [3.05, 3.63) is 28.7 Å². The number of rotatable bonds is 3. The lowest BCUT2D eigenvalue weighted by Crippen LogP contribution is -2.18. The summed E-state index contributed by atoms with van der Waals surface area (Å²) in [7, 11) is 0. The number of aromatic amines is 1. The van der Waals surface area contributed by atoms with Crippen LogP contribution in [0.4, 0.5) is 0 Å². The maximum absolute atomic E-state index is 10.9. The van der Waals surface area contributed by atoms with Crippen LogP contribution in [-0.2, 0) is 4.79 Å². The quantitative estimate of drug-likeness (QED) is 0.753. The number of carboxylic acid groups (broad SMARTS) is 1. The molecule has 0 aromatic carbocycles. The van der Waals surface area contributed by atoms with E-state index < -0.39 is 12.0 Å². The minimum absolute atomic E-state index is 0.251. The molecule has 17 heavy (non-hydrogen) atoms. The third-order valence-electron chi connectivity index (χ3n) is 2.26. The van der Waals surface area contributed by atoms with Gasteiger partial charge in [-0.05, 0) is 23.4 Å². The number of H-pyrrole nitrogens is 1. The Balaban J connectivity index is 2.47. The molecule has 0 aliphatic carbocycles. The summed E-state index contributed by atoms with van der Waals surface area (Å²) in [6.45, 7) is 1.47. The fraction of sp³-hybridized carbons (Fsp3) is 0.222. The molecule has 2 heterocycles. The fourth-order valence-electron chi connectivity index (χ4n) is 1.30. The van der Waals surface area contributed by atoms with Gasteiger partial charge in [0, 0.05) is 17.8 Å². The molecule has 8 nitrogen and oxygen atoms in total. The Morgan fingerprint density at radius 1 is 1.53 bits per heavy atom. The summed E-state index contributed by atoms with van der Waals surface area (Å²) in [4.78, 5) is 24.2. The zero-order chi connectivity index (χ0) is 12.4. The van der Waals surface area contributed by atoms with Gasteiger partial charge >= 0.3 is 5.97 Å². The van der Waals surface area contributed by atoms with Crippen molar-refractivity contribution >= 4 is 5.97 Å². The molecule has 0 spiro atoms. The van der Waals surface area contributed by atoms with E-state index in [1.165, 1.54) is 29.9 Å². The summed E-state index contributed by atoms with van der Waals surface area (Å²) >= 11 is 0. The maximum Gasteiger partial charge on any atom is 0.328 e. The van der Waals surface area contributed by atoms with Crippen molar-refractivity contribution in [3.63, 3.8) is 0 Å². The number of aromatic nitrogens is 5. The Kier molecular flexibility index (Phi) is 2.69. The van der Waals surface area contributed by atoms with Gasteiger partial charge in [-0.2, -0.15) is 0 Å². The number of pyridine rings is 1. The van der Waals surface area contributed by atoms with Crippen LogP contribution in [0.1, 0.15) is 13.0 Å². The van der Waals surface area contributed by atoms with Gasteiger partial charge in [-0.15, -0.1) is 5.10 Å². The van der Waals surface area contributed by atoms with E-state index in [0.29, 0.717) is 5.56 Å². The molecule has 0 aliphatic rings. The topological polar surface area (TPSA) is 114 Å². The molecule has 0 amide bonds. The molecular formula is C9H9N5O3. The van der Waals surface area contributed by atoms with Gasteiger partial charge in [-0.3, -0.25) is 4.79 Å². The standard InChI is InChI=1S/C9H9N5O3/c1-5(9(16)17)14-8(11-12-13-14)6-2-3-7(15)10-4-6/h2-5H,1H3,(H,10,15)(H,16,17). The molecule has 2 N–H and O–H groups in total. The highest BCUT2D eigenvalue weighted by atomic mass is 16.4. The zero-order valence-corrected chi connectivity index (χ0v) is 8.86. The summed E-state index contributed by atoms with van der Waals surface area (Å²) in [5, 5.41) is 19.7. The molecular weight excluding hydrogens is 226 g/mol. The number of aliphatic carboxylic acids is 1. The number of tetrazole rings is 1. The molecule has 8 heteroatoms. The van der Waals surface area contributed by atoms with Crippen molar-refractivity contribution in [1.82, 2.24) is 25.2 Å². The van der Waals surface area contributed by atoms with E-state index >= 15 is 0 Å². The van der Waals surface area contributed by atoms with E-state index in [2.05, 4.69) is 20.5 Å². The van der Waals surface area contributed by atoms with Crippen LogP contribution in [0.3, 0.4) is 0 Å². The van der Waals surface area contributed by atoms with Crippen molar-refractivity contribution in [2.75, 3.05) is 0 Å². The molecule has 2 aromatic rings. The molecule has 0 bridgehead atoms. The summed E-state index contributed by atoms with van der Waals surface area (Å²) in [6.07, 6.45) is 1.43. The summed E-state index contributed by atoms with van der Waals surface area (Å²) in [5.74, 6) is -0.751. The number of hydrogen-bond donors (Lipinski definition) is 2. The average molecular weight is 235 g/mol. The van der Waals surface area contributed by atoms with Gasteiger partial charge in [0.05, 0.1) is 0 Å². The van der Waals surface area contributed by atoms with E-state index in [-0.39, 0.29) is 11.4 Å². The number of nitrogens with one attached hydrogen (secondary N) is 1. The first-order chi connectivity index (χ1) is 8.09. The molecule has 0 saturated heterocycles. The lowest BCUT2D eigenvalue weighted by atomic mass is 10.2. The molecule has 0 saturated carbocycles. The predicted molar refractivity (Wildman–Crippen MR) is 56.2 cm³/mol. The Morgan fingerprint density at radius 2 is 2.29 bits per heavy atom. The van der Waals surface area contributed by atoms with Crippen molar-refractivity contribution in [3.8, 4) is 11.4 Å². The summed E-state index contributed by atoms with van der Waals surface area (Å²) in [5.41, 5.74) is 0.293. The Morgan fingerprint density at radius 3 is 2.88 bits per heavy atom. The third kappa shape index (κ3) is 2.05. The highest BCUT2D eigenvalue weighted by molar-refractivity contribution is 5.72. The van der Waals surface area contributed by atoms with Gasteiger partial charge < -0.3 is 10.1 Å². The largest absolute Gasteiger partial charge is 0.480 e. The minimum atomic E-state index is -1.04. The summed E-state index contributed by atoms with van der Waals surface area (Å²) in [6, 6.07) is 1.96. The van der Waals surface area contributed by atoms with Crippen molar-refractivity contribution in [1.29, 1.82) is 0 Å². The van der Waals surface area contributed by atoms with Crippen LogP contribution >= 0.6 is 0 Å². The van der Waals surface area contributed by atoms with Crippen LogP contribution < -0.4 is 5.56 Å². The van der Waals surface area contributed by atoms with Gasteiger partial charge in [0.15, 0.2) is 11.9 Å². The normalized spacial score (nSPS) is 12.3. The molecule has 1 unspecified atom stereocenters. The van der Waals surface area contributed by atoms with Crippen LogP contribution in [0.5, 0.6) is 0 Å². The molecule has 2 rings (SSSR count). The predicted octanol–water partition coefficient (Wildman–Crippen LogP) is -0.326. The molecule has 0 aliphatic heterocycles. The monoisotopic (exact) mass is 235 g/mol. The number of carbonyl (C=O) groups is 1. The van der Waals surface area contributed by atoms with Crippen LogP contribution in [0, 0.1) is 0 Å². The Labute approximate surface area is 94.9 Å².